The van der Waals surface area contributed by atoms with Gasteiger partial charge in [-0.3, -0.25) is 37.3 Å². The lowest BCUT2D eigenvalue weighted by atomic mass is 9.87. The van der Waals surface area contributed by atoms with Crippen LogP contribution in [-0.2, 0) is 55.5 Å². The highest BCUT2D eigenvalue weighted by molar-refractivity contribution is 8.13. The average molecular weight is 1190 g/mol. The second kappa shape index (κ2) is 35.9. The van der Waals surface area contributed by atoms with Crippen molar-refractivity contribution in [1.82, 2.24) is 30.2 Å². The van der Waals surface area contributed by atoms with E-state index >= 15 is 0 Å². The van der Waals surface area contributed by atoms with Gasteiger partial charge in [0.1, 0.15) is 42.0 Å². The molecule has 448 valence electrons. The van der Waals surface area contributed by atoms with Gasteiger partial charge >= 0.3 is 23.5 Å². The van der Waals surface area contributed by atoms with E-state index in [2.05, 4.69) is 48.3 Å². The molecule has 10 N–H and O–H groups in total. The number of imidazole rings is 1. The lowest BCUT2D eigenvalue weighted by Crippen LogP contribution is -2.46. The lowest BCUT2D eigenvalue weighted by molar-refractivity contribution is -0.137. The number of nitrogen functional groups attached to an aromatic ring is 1. The number of ether oxygens (including phenoxy) is 1. The highest BCUT2D eigenvalue weighted by atomic mass is 32.2. The van der Waals surface area contributed by atoms with Gasteiger partial charge in [0.2, 0.25) is 11.8 Å². The highest BCUT2D eigenvalue weighted by Gasteiger charge is 2.50. The zero-order chi connectivity index (χ0) is 57.8. The summed E-state index contributed by atoms with van der Waals surface area (Å²) in [5.74, 6) is -1.95. The van der Waals surface area contributed by atoms with Crippen LogP contribution in [0.3, 0.4) is 0 Å². The van der Waals surface area contributed by atoms with E-state index in [1.807, 2.05) is 0 Å². The Hall–Kier alpha value is -2.77. The van der Waals surface area contributed by atoms with E-state index in [9.17, 15) is 62.7 Å². The Morgan fingerprint density at radius 3 is 1.90 bits per heavy atom. The number of ketones is 1. The molecule has 0 aliphatic carbocycles. The molecule has 1 saturated heterocycles. The number of nitrogens with zero attached hydrogens (tertiary/aromatic N) is 4. The van der Waals surface area contributed by atoms with Crippen molar-refractivity contribution in [3.05, 3.63) is 12.7 Å². The van der Waals surface area contributed by atoms with Crippen molar-refractivity contribution in [1.29, 1.82) is 0 Å². The van der Waals surface area contributed by atoms with Crippen LogP contribution in [0.2, 0.25) is 0 Å². The van der Waals surface area contributed by atoms with Crippen molar-refractivity contribution < 1.29 is 85.3 Å². The van der Waals surface area contributed by atoms with Gasteiger partial charge in [-0.1, -0.05) is 168 Å². The van der Waals surface area contributed by atoms with Crippen molar-refractivity contribution in [2.45, 2.75) is 212 Å². The molecule has 1 aliphatic rings. The molecule has 8 atom stereocenters. The van der Waals surface area contributed by atoms with Gasteiger partial charge in [0.05, 0.1) is 25.5 Å². The number of phosphoric ester groups is 3. The van der Waals surface area contributed by atoms with Gasteiger partial charge in [0, 0.05) is 37.1 Å². The average Bonchev–Trinajstić information content (AvgIpc) is 3.94. The second-order valence-corrected chi connectivity index (χ2v) is 25.8. The Labute approximate surface area is 462 Å². The number of anilines is 1. The predicted octanol–water partition coefficient (Wildman–Crippen LogP) is 7.86. The molecule has 29 heteroatoms. The summed E-state index contributed by atoms with van der Waals surface area (Å²) in [6, 6.07) is 0. The van der Waals surface area contributed by atoms with E-state index < -0.39 is 90.5 Å². The summed E-state index contributed by atoms with van der Waals surface area (Å²) < 4.78 is 62.8. The van der Waals surface area contributed by atoms with E-state index in [-0.39, 0.29) is 53.1 Å². The molecule has 1 fully saturated rings. The number of fused-ring (bicyclic) bond motifs is 1. The molecular weight excluding hydrogens is 1100 g/mol. The van der Waals surface area contributed by atoms with E-state index in [1.165, 1.54) is 97.3 Å². The van der Waals surface area contributed by atoms with Gasteiger partial charge in [0.25, 0.3) is 0 Å². The van der Waals surface area contributed by atoms with Crippen LogP contribution in [-0.4, -0.2) is 128 Å². The number of hydrogen-bond acceptors (Lipinski definition) is 19. The molecule has 0 radical (unpaired) electrons. The number of thioether (sulfide) groups is 1. The summed E-state index contributed by atoms with van der Waals surface area (Å²) in [5, 5.41) is 26.6. The zero-order valence-corrected chi connectivity index (χ0v) is 49.3. The van der Waals surface area contributed by atoms with Crippen LogP contribution >= 0.6 is 35.2 Å². The molecule has 0 bridgehead atoms. The second-order valence-electron chi connectivity index (χ2n) is 20.5. The smallest absolute Gasteiger partial charge is 0.386 e. The molecule has 2 aromatic heterocycles. The molecule has 1 aliphatic heterocycles. The van der Waals surface area contributed by atoms with E-state index in [4.69, 9.17) is 19.5 Å². The van der Waals surface area contributed by atoms with Crippen molar-refractivity contribution in [2.75, 3.05) is 37.8 Å². The quantitative estimate of drug-likeness (QED) is 0.0173. The Morgan fingerprint density at radius 1 is 0.769 bits per heavy atom. The molecule has 2 aromatic rings. The Balaban J connectivity index is 1.41. The summed E-state index contributed by atoms with van der Waals surface area (Å²) >= 11 is 1.03. The maximum absolute atomic E-state index is 13.4. The summed E-state index contributed by atoms with van der Waals surface area (Å²) in [6.07, 6.45) is 18.2. The molecule has 3 unspecified atom stereocenters. The molecule has 0 spiro atoms. The molecule has 0 aromatic carbocycles. The van der Waals surface area contributed by atoms with Crippen molar-refractivity contribution in [3.63, 3.8) is 0 Å². The number of carbonyl (C=O) groups excluding carboxylic acids is 4. The number of carbonyl (C=O) groups is 4. The first-order valence-corrected chi connectivity index (χ1v) is 33.0. The number of phosphoric acid groups is 3. The minimum Gasteiger partial charge on any atom is -0.386 e. The van der Waals surface area contributed by atoms with E-state index in [0.717, 1.165) is 80.4 Å². The number of aromatic nitrogens is 4. The number of Topliss-reactive ketones (excluding diaryl/α,β-unsaturated/α-hetero) is 1. The van der Waals surface area contributed by atoms with Crippen LogP contribution in [0.5, 0.6) is 0 Å². The summed E-state index contributed by atoms with van der Waals surface area (Å²) in [6.45, 7) is 4.80. The third-order valence-electron chi connectivity index (χ3n) is 13.3. The lowest BCUT2D eigenvalue weighted by Gasteiger charge is -2.30. The predicted molar refractivity (Wildman–Crippen MR) is 293 cm³/mol. The largest absolute Gasteiger partial charge is 0.481 e. The van der Waals surface area contributed by atoms with Crippen LogP contribution in [0.25, 0.3) is 11.2 Å². The normalized spacial score (nSPS) is 19.3. The third kappa shape index (κ3) is 26.4. The topological polar surface area (TPSA) is 381 Å². The minimum absolute atomic E-state index is 0.0139. The zero-order valence-electron chi connectivity index (χ0n) is 45.8. The van der Waals surface area contributed by atoms with Gasteiger partial charge in [0.15, 0.2) is 22.8 Å². The molecule has 3 heterocycles. The Kier molecular flexibility index (Phi) is 32.0. The van der Waals surface area contributed by atoms with Gasteiger partial charge < -0.3 is 50.9 Å². The van der Waals surface area contributed by atoms with Crippen LogP contribution < -0.4 is 16.4 Å². The maximum Gasteiger partial charge on any atom is 0.481 e. The first-order chi connectivity index (χ1) is 36.9. The summed E-state index contributed by atoms with van der Waals surface area (Å²) in [5.41, 5.74) is 4.26. The van der Waals surface area contributed by atoms with Crippen LogP contribution in [0, 0.1) is 11.3 Å². The highest BCUT2D eigenvalue weighted by Crippen LogP contribution is 2.61. The van der Waals surface area contributed by atoms with Crippen LogP contribution in [0.15, 0.2) is 12.7 Å². The molecule has 78 heavy (non-hydrogen) atoms. The number of amides is 2. The molecule has 25 nitrogen and oxygen atoms in total. The third-order valence-corrected chi connectivity index (χ3v) is 17.4. The van der Waals surface area contributed by atoms with Gasteiger partial charge in [-0.15, -0.1) is 0 Å². The van der Waals surface area contributed by atoms with Crippen LogP contribution in [0.1, 0.15) is 188 Å². The first-order valence-electron chi connectivity index (χ1n) is 27.5. The number of nitrogens with two attached hydrogens (primary N) is 1. The number of nitrogens with one attached hydrogen (secondary N) is 2. The number of unbranched alkanes of at least 4 members (excludes halogenated alkanes) is 19. The number of aliphatic hydroxyl groups excluding tert-OH is 2. The van der Waals surface area contributed by atoms with Crippen molar-refractivity contribution in [2.24, 2.45) is 11.3 Å². The van der Waals surface area contributed by atoms with Crippen molar-refractivity contribution >= 4 is 74.9 Å². The summed E-state index contributed by atoms with van der Waals surface area (Å²) in [4.78, 5) is 104. The summed E-state index contributed by atoms with van der Waals surface area (Å²) in [7, 11) is -16.5. The fourth-order valence-electron chi connectivity index (χ4n) is 8.77. The fraction of sp³-hybridized carbons (Fsp3) is 0.816. The first kappa shape index (κ1) is 69.5. The molecule has 0 saturated carbocycles. The number of hydrogen-bond donors (Lipinski definition) is 9. The number of aliphatic hydroxyl groups is 2. The monoisotopic (exact) mass is 1190 g/mol. The fourth-order valence-corrected chi connectivity index (χ4v) is 12.5. The van der Waals surface area contributed by atoms with Gasteiger partial charge in [-0.2, -0.15) is 4.31 Å². The SMILES string of the molecule is CCCCCCCCCCCCCC(=O)C(CCCCCCCCCCCC)C(=O)SCCNC(=O)CCNC(=O)[C@H](O)C(C)(C)COP(=O)(O)OP(=O)(O)OC[C@H]1O[C@@H](n2cnc3c(N)ncnc32)[C@H](O)[C@@H]1OP(=O)(O)O. The molecule has 2 amide bonds. The minimum atomic E-state index is -5.60. The van der Waals surface area contributed by atoms with Crippen molar-refractivity contribution in [3.8, 4) is 0 Å². The molecule has 3 rings (SSSR count). The van der Waals surface area contributed by atoms with E-state index in [1.54, 1.807) is 0 Å². The van der Waals surface area contributed by atoms with Crippen LogP contribution in [0.4, 0.5) is 5.82 Å². The number of rotatable bonds is 44. The van der Waals surface area contributed by atoms with Gasteiger partial charge in [-0.05, 0) is 12.8 Å². The molecular formula is C49H88N7O18P3S. The standard InChI is InChI=1S/C49H88N7O18P3S/c1-5-7-9-11-13-15-17-19-21-23-25-27-37(57)36(26-24-22-20-18-16-14-12-10-8-6-2)48(62)78-31-30-51-39(58)28-29-52-46(61)43(60)49(3,4)33-71-77(68,69)74-76(66,67)70-32-38-42(73-75(63,64)65)41(59)47(72-38)56-35-55-40-44(50)53-34-54-45(40)56/h34-36,38,41-43,47,59-60H,5-33H2,1-4H3,(H,51,58)(H,52,61)(H,66,67)(H,68,69)(H2,50,53,54)(H2,63,64,65)/t36?,38-,41-,42-,43+,47-/m1/s1. The maximum atomic E-state index is 13.4. The van der Waals surface area contributed by atoms with E-state index in [0.29, 0.717) is 12.8 Å². The Bertz CT molecular complexity index is 2280. The Morgan fingerprint density at radius 2 is 1.32 bits per heavy atom. The van der Waals surface area contributed by atoms with Gasteiger partial charge in [-0.25, -0.2) is 28.6 Å².